The number of piperidine rings is 1. The minimum absolute atomic E-state index is 0.163. The molecule has 0 spiro atoms. The summed E-state index contributed by atoms with van der Waals surface area (Å²) in [4.78, 5) is 13.0. The van der Waals surface area contributed by atoms with Gasteiger partial charge in [-0.2, -0.15) is 0 Å². The molecular formula is C15H23N3O2. The van der Waals surface area contributed by atoms with E-state index in [1.54, 1.807) is 12.1 Å². The molecule has 0 unspecified atom stereocenters. The molecule has 2 rings (SSSR count). The topological polar surface area (TPSA) is 58.4 Å². The summed E-state index contributed by atoms with van der Waals surface area (Å²) >= 11 is 0. The lowest BCUT2D eigenvalue weighted by Gasteiger charge is -2.33. The van der Waals surface area contributed by atoms with Crippen LogP contribution in [0.5, 0.6) is 0 Å². The minimum Gasteiger partial charge on any atom is -0.385 e. The highest BCUT2D eigenvalue weighted by molar-refractivity contribution is 5.64. The number of nitro groups is 1. The van der Waals surface area contributed by atoms with Gasteiger partial charge >= 0.3 is 0 Å². The maximum Gasteiger partial charge on any atom is 0.273 e. The van der Waals surface area contributed by atoms with Crippen molar-refractivity contribution in [2.24, 2.45) is 5.92 Å². The molecule has 5 nitrogen and oxygen atoms in total. The van der Waals surface area contributed by atoms with E-state index in [2.05, 4.69) is 17.1 Å². The molecule has 1 saturated heterocycles. The first kappa shape index (κ1) is 14.6. The summed E-state index contributed by atoms with van der Waals surface area (Å²) in [5.41, 5.74) is 1.95. The Labute approximate surface area is 120 Å². The van der Waals surface area contributed by atoms with Gasteiger partial charge < -0.3 is 10.2 Å². The lowest BCUT2D eigenvalue weighted by Crippen LogP contribution is -2.33. The molecule has 0 aromatic heterocycles. The monoisotopic (exact) mass is 277 g/mol. The van der Waals surface area contributed by atoms with Crippen molar-refractivity contribution in [2.75, 3.05) is 29.9 Å². The number of rotatable bonds is 5. The summed E-state index contributed by atoms with van der Waals surface area (Å²) in [6, 6.07) is 5.31. The van der Waals surface area contributed by atoms with Gasteiger partial charge in [-0.15, -0.1) is 0 Å². The van der Waals surface area contributed by atoms with Crippen molar-refractivity contribution in [3.05, 3.63) is 28.3 Å². The molecule has 1 heterocycles. The van der Waals surface area contributed by atoms with Gasteiger partial charge in [0.15, 0.2) is 0 Å². The second-order valence-corrected chi connectivity index (χ2v) is 5.36. The van der Waals surface area contributed by atoms with Crippen LogP contribution in [-0.4, -0.2) is 24.6 Å². The molecule has 1 fully saturated rings. The predicted molar refractivity (Wildman–Crippen MR) is 82.5 cm³/mol. The molecule has 20 heavy (non-hydrogen) atoms. The fourth-order valence-electron chi connectivity index (χ4n) is 2.79. The largest absolute Gasteiger partial charge is 0.385 e. The molecule has 0 aliphatic carbocycles. The van der Waals surface area contributed by atoms with Crippen LogP contribution in [0.25, 0.3) is 0 Å². The quantitative estimate of drug-likeness (QED) is 0.659. The van der Waals surface area contributed by atoms with E-state index in [9.17, 15) is 10.1 Å². The molecule has 0 radical (unpaired) electrons. The molecule has 1 aliphatic rings. The Balaban J connectivity index is 2.20. The normalized spacial score (nSPS) is 16.2. The smallest absolute Gasteiger partial charge is 0.273 e. The second-order valence-electron chi connectivity index (χ2n) is 5.36. The van der Waals surface area contributed by atoms with Gasteiger partial charge in [-0.05, 0) is 31.7 Å². The first-order valence-corrected chi connectivity index (χ1v) is 7.42. The molecule has 110 valence electrons. The van der Waals surface area contributed by atoms with E-state index in [1.165, 1.54) is 19.3 Å². The van der Waals surface area contributed by atoms with Crippen molar-refractivity contribution in [1.82, 2.24) is 0 Å². The number of hydrogen-bond donors (Lipinski definition) is 1. The van der Waals surface area contributed by atoms with Crippen LogP contribution in [0, 0.1) is 16.0 Å². The van der Waals surface area contributed by atoms with Crippen LogP contribution in [0.3, 0.4) is 0 Å². The Morgan fingerprint density at radius 1 is 1.30 bits per heavy atom. The Morgan fingerprint density at radius 2 is 2.00 bits per heavy atom. The number of benzene rings is 1. The summed E-state index contributed by atoms with van der Waals surface area (Å²) in [5, 5.41) is 14.2. The summed E-state index contributed by atoms with van der Waals surface area (Å²) < 4.78 is 0. The van der Waals surface area contributed by atoms with Crippen LogP contribution >= 0.6 is 0 Å². The molecule has 1 N–H and O–H groups in total. The number of nitrogens with zero attached hydrogens (tertiary/aromatic N) is 2. The number of nitro benzene ring substituents is 1. The maximum atomic E-state index is 11.1. The molecule has 0 saturated carbocycles. The highest BCUT2D eigenvalue weighted by Crippen LogP contribution is 2.30. The first-order valence-electron chi connectivity index (χ1n) is 7.42. The van der Waals surface area contributed by atoms with Crippen molar-refractivity contribution < 1.29 is 4.92 Å². The number of nitrogens with one attached hydrogen (secondary N) is 1. The van der Waals surface area contributed by atoms with Gasteiger partial charge in [-0.25, -0.2) is 0 Å². The molecule has 0 amide bonds. The Kier molecular flexibility index (Phi) is 4.82. The fourth-order valence-corrected chi connectivity index (χ4v) is 2.79. The lowest BCUT2D eigenvalue weighted by molar-refractivity contribution is -0.384. The summed E-state index contributed by atoms with van der Waals surface area (Å²) in [6.07, 6.45) is 3.58. The van der Waals surface area contributed by atoms with Gasteiger partial charge in [-0.1, -0.05) is 13.3 Å². The van der Waals surface area contributed by atoms with E-state index in [4.69, 9.17) is 0 Å². The van der Waals surface area contributed by atoms with E-state index in [0.29, 0.717) is 0 Å². The van der Waals surface area contributed by atoms with Crippen LogP contribution in [0.2, 0.25) is 0 Å². The predicted octanol–water partition coefficient (Wildman–Crippen LogP) is 3.65. The SMILES string of the molecule is CCNc1cc(N2CCC(CC)CC2)cc([N+](=O)[O-])c1. The van der Waals surface area contributed by atoms with Gasteiger partial charge in [0.2, 0.25) is 0 Å². The van der Waals surface area contributed by atoms with Crippen LogP contribution in [-0.2, 0) is 0 Å². The molecule has 5 heteroatoms. The van der Waals surface area contributed by atoms with E-state index >= 15 is 0 Å². The maximum absolute atomic E-state index is 11.1. The third-order valence-electron chi connectivity index (χ3n) is 4.05. The third-order valence-corrected chi connectivity index (χ3v) is 4.05. The number of hydrogen-bond acceptors (Lipinski definition) is 4. The van der Waals surface area contributed by atoms with Crippen LogP contribution in [0.4, 0.5) is 17.1 Å². The van der Waals surface area contributed by atoms with Crippen molar-refractivity contribution in [3.8, 4) is 0 Å². The van der Waals surface area contributed by atoms with Gasteiger partial charge in [0.1, 0.15) is 0 Å². The molecule has 0 bridgehead atoms. The van der Waals surface area contributed by atoms with Gasteiger partial charge in [0.05, 0.1) is 4.92 Å². The van der Waals surface area contributed by atoms with Crippen LogP contribution < -0.4 is 10.2 Å². The molecule has 1 aromatic rings. The standard InChI is InChI=1S/C15H23N3O2/c1-3-12-5-7-17(8-6-12)14-9-13(16-4-2)10-15(11-14)18(19)20/h9-12,16H,3-8H2,1-2H3. The lowest BCUT2D eigenvalue weighted by atomic mass is 9.94. The Hall–Kier alpha value is -1.78. The van der Waals surface area contributed by atoms with Crippen LogP contribution in [0.1, 0.15) is 33.1 Å². The fraction of sp³-hybridized carbons (Fsp3) is 0.600. The van der Waals surface area contributed by atoms with Crippen molar-refractivity contribution >= 4 is 17.1 Å². The van der Waals surface area contributed by atoms with Crippen molar-refractivity contribution in [2.45, 2.75) is 33.1 Å². The van der Waals surface area contributed by atoms with Gasteiger partial charge in [0, 0.05) is 43.1 Å². The average molecular weight is 277 g/mol. The van der Waals surface area contributed by atoms with E-state index in [-0.39, 0.29) is 10.6 Å². The second kappa shape index (κ2) is 6.59. The van der Waals surface area contributed by atoms with Crippen molar-refractivity contribution in [1.29, 1.82) is 0 Å². The van der Waals surface area contributed by atoms with Crippen molar-refractivity contribution in [3.63, 3.8) is 0 Å². The van der Waals surface area contributed by atoms with E-state index in [1.807, 2.05) is 13.0 Å². The van der Waals surface area contributed by atoms with E-state index < -0.39 is 0 Å². The summed E-state index contributed by atoms with van der Waals surface area (Å²) in [5.74, 6) is 0.804. The van der Waals surface area contributed by atoms with Gasteiger partial charge in [-0.3, -0.25) is 10.1 Å². The zero-order chi connectivity index (χ0) is 14.5. The summed E-state index contributed by atoms with van der Waals surface area (Å²) in [7, 11) is 0. The minimum atomic E-state index is -0.316. The number of anilines is 2. The number of non-ortho nitro benzene ring substituents is 1. The molecule has 0 atom stereocenters. The molecule has 1 aromatic carbocycles. The Morgan fingerprint density at radius 3 is 2.55 bits per heavy atom. The molecule has 1 aliphatic heterocycles. The average Bonchev–Trinajstić information content (AvgIpc) is 2.47. The molecular weight excluding hydrogens is 254 g/mol. The zero-order valence-corrected chi connectivity index (χ0v) is 12.3. The van der Waals surface area contributed by atoms with E-state index in [0.717, 1.165) is 36.9 Å². The zero-order valence-electron chi connectivity index (χ0n) is 12.3. The first-order chi connectivity index (χ1) is 9.63. The van der Waals surface area contributed by atoms with Crippen LogP contribution in [0.15, 0.2) is 18.2 Å². The Bertz CT molecular complexity index is 468. The summed E-state index contributed by atoms with van der Waals surface area (Å²) in [6.45, 7) is 6.97. The van der Waals surface area contributed by atoms with Gasteiger partial charge in [0.25, 0.3) is 5.69 Å². The highest BCUT2D eigenvalue weighted by atomic mass is 16.6. The third kappa shape index (κ3) is 3.40. The highest BCUT2D eigenvalue weighted by Gasteiger charge is 2.20.